The fourth-order valence-corrected chi connectivity index (χ4v) is 15.5. The minimum absolute atomic E-state index is 0.0559. The number of aromatic hydroxyl groups is 5. The molecule has 1 saturated heterocycles. The quantitative estimate of drug-likeness (QED) is 0.0288. The van der Waals surface area contributed by atoms with Crippen molar-refractivity contribution in [3.63, 3.8) is 0 Å². The lowest BCUT2D eigenvalue weighted by Crippen LogP contribution is -2.46. The van der Waals surface area contributed by atoms with Gasteiger partial charge in [-0.1, -0.05) is 91.8 Å². The number of nitrogens with zero attached hydrogens (tertiary/aromatic N) is 4. The molecule has 31 heteroatoms. The van der Waals surface area contributed by atoms with E-state index in [-0.39, 0.29) is 95.0 Å². The van der Waals surface area contributed by atoms with Crippen molar-refractivity contribution in [1.82, 2.24) is 14.8 Å². The maximum absolute atomic E-state index is 14.4. The number of carbonyl (C=O) groups is 7. The van der Waals surface area contributed by atoms with Crippen LogP contribution in [-0.4, -0.2) is 236 Å². The number of aliphatic hydroxyl groups excluding tert-OH is 4. The lowest BCUT2D eigenvalue weighted by Gasteiger charge is -2.38. The fraction of sp³-hybridized carbons (Fsp3) is 0.535. The number of esters is 2. The number of methoxy groups -OCH3 is 2. The van der Waals surface area contributed by atoms with Gasteiger partial charge in [0.2, 0.25) is 0 Å². The molecule has 31 nitrogen and oxygen atoms in total. The number of rotatable bonds is 11. The van der Waals surface area contributed by atoms with Crippen molar-refractivity contribution < 1.29 is 122 Å². The van der Waals surface area contributed by atoms with Crippen LogP contribution in [0.25, 0.3) is 21.5 Å². The third-order valence-electron chi connectivity index (χ3n) is 23.2. The summed E-state index contributed by atoms with van der Waals surface area (Å²) in [7, 11) is 4.86. The predicted octanol–water partition coefficient (Wildman–Crippen LogP) is 9.63. The van der Waals surface area contributed by atoms with Crippen molar-refractivity contribution in [3.05, 3.63) is 106 Å². The first-order valence-electron chi connectivity index (χ1n) is 39.3. The van der Waals surface area contributed by atoms with Crippen LogP contribution in [0.4, 0.5) is 11.4 Å². The highest BCUT2D eigenvalue weighted by molar-refractivity contribution is 6.24. The number of phenols is 5. The zero-order chi connectivity index (χ0) is 87.1. The number of amides is 3. The highest BCUT2D eigenvalue weighted by atomic mass is 16.7. The summed E-state index contributed by atoms with van der Waals surface area (Å²) in [4.78, 5) is 97.6. The molecule has 0 saturated carbocycles. The topological polar surface area (TPSA) is 431 Å². The summed E-state index contributed by atoms with van der Waals surface area (Å²) in [6.07, 6.45) is 8.46. The molecule has 0 radical (unpaired) electrons. The van der Waals surface area contributed by atoms with Gasteiger partial charge < -0.3 is 109 Å². The summed E-state index contributed by atoms with van der Waals surface area (Å²) >= 11 is 0. The number of aliphatic hydroxyl groups is 4. The van der Waals surface area contributed by atoms with Gasteiger partial charge in [-0.15, -0.1) is 0 Å². The SMILES string of the molecule is CCN(CC)C(=O)COc1cc2c(O)c3c(O)c(C)c4c(c13)C(=O)[C@@](C)(O/C=C/[C@H](OC)[C@@H](C)[C@@H](OC(C)=O)[C@H](C)[C@H](O)[C@H](C)[C@@H](O)[C@@H](C)/C=C/C=C(/C)C(=O)N2)O4.CO[C@H]1/C=C/O[C@@]2(C)Oc3c(C)c(O)c4c(O)c(c(/C=N/N5CCN(C)CC5)c(O)c4c3C2=O)NC(=O)/C(C)=C\C=C\[C@H](C)[C@H](O)[C@@H](C)[C@@H](O)[C@@H](C)[C@H](OC(C)=O)[C@@H]1C. The van der Waals surface area contributed by atoms with E-state index in [0.717, 1.165) is 13.1 Å². The van der Waals surface area contributed by atoms with E-state index in [9.17, 15) is 79.5 Å². The van der Waals surface area contributed by atoms with Crippen LogP contribution in [0.1, 0.15) is 148 Å². The molecule has 18 atom stereocenters. The van der Waals surface area contributed by atoms with Crippen molar-refractivity contribution in [2.24, 2.45) is 52.4 Å². The lowest BCUT2D eigenvalue weighted by molar-refractivity contribution is -0.161. The summed E-state index contributed by atoms with van der Waals surface area (Å²) in [5.74, 6) is -16.4. The average Bonchev–Trinajstić information content (AvgIpc) is 1.62. The lowest BCUT2D eigenvalue weighted by atomic mass is 9.78. The number of hydrazone groups is 1. The van der Waals surface area contributed by atoms with E-state index in [1.807, 2.05) is 20.9 Å². The molecule has 0 spiro atoms. The standard InChI is InChI=1S/C43H58N4O12.C43H58N2O13/c1-21-12-11-13-22(2)42(55)45-33-28(20-44-47-17-15-46(9)16-18-47)37(52)30-31(38(33)53)36(51)26(6)40-32(30)41(54)43(8,59-40)57-19-14-29(56-10)23(3)39(58-27(7)48)25(5)35(50)24(4)34(21)49;1-12-45(13-2)31(47)20-55-30-19-28-38(51)33-32(30)34-40(26(8)37(33)50)58-43(10,41(34)52)56-18-17-29(54-11)23(5)39(57-27(9)46)25(7)36(49)24(6)35(48)21(3)15-14-16-22(4)42(53)44-28/h11-14,19-21,23-25,29,34-35,39,49-53H,15-18H2,1-10H3,(H,45,55);14-19,21,23-25,29,35-36,39,48-51H,12-13,20H2,1-11H3,(H,44,53)/b12-11+,19-14+,22-13-,44-20+;15-14+,18-17+,22-16-/t21-,23+,24+,25+,29-,34-,35+,39+,43-;21-,23+,24+,25+,29-,35-,36+,39+,43-/m00/s1. The minimum Gasteiger partial charge on any atom is -0.507 e. The molecular weight excluding hydrogens is 1520 g/mol. The van der Waals surface area contributed by atoms with Crippen molar-refractivity contribution in [2.45, 2.75) is 185 Å². The van der Waals surface area contributed by atoms with E-state index in [1.165, 1.54) is 119 Å². The molecule has 4 aromatic rings. The average molecular weight is 1630 g/mol. The first kappa shape index (κ1) is 92.2. The Labute approximate surface area is 681 Å². The second-order valence-corrected chi connectivity index (χ2v) is 31.4. The van der Waals surface area contributed by atoms with Gasteiger partial charge in [0, 0.05) is 168 Å². The number of phenolic OH excluding ortho intramolecular Hbond substituents is 5. The molecule has 640 valence electrons. The molecule has 3 amide bonds. The van der Waals surface area contributed by atoms with Crippen LogP contribution in [-0.2, 0) is 52.4 Å². The number of hydrogen-bond acceptors (Lipinski definition) is 28. The third kappa shape index (κ3) is 19.5. The first-order valence-corrected chi connectivity index (χ1v) is 39.3. The number of allylic oxidation sites excluding steroid dienone is 4. The van der Waals surface area contributed by atoms with Crippen molar-refractivity contribution in [2.75, 3.05) is 77.8 Å². The molecular formula is C86H116N6O25. The second kappa shape index (κ2) is 38.4. The summed E-state index contributed by atoms with van der Waals surface area (Å²) in [5, 5.41) is 115. The van der Waals surface area contributed by atoms with E-state index in [2.05, 4.69) is 20.6 Å². The molecule has 0 unspecified atom stereocenters. The number of likely N-dealkylation sites (N-methyl/N-ethyl adjacent to an activating group) is 2. The van der Waals surface area contributed by atoms with Crippen LogP contribution in [0, 0.1) is 61.2 Å². The number of fused-ring (bicyclic) bond motifs is 28. The van der Waals surface area contributed by atoms with Crippen LogP contribution in [0.3, 0.4) is 0 Å². The van der Waals surface area contributed by atoms with Crippen LogP contribution < -0.4 is 24.8 Å². The van der Waals surface area contributed by atoms with Gasteiger partial charge >= 0.3 is 23.5 Å². The zero-order valence-corrected chi connectivity index (χ0v) is 70.5. The number of benzene rings is 4. The van der Waals surface area contributed by atoms with Gasteiger partial charge in [0.15, 0.2) is 18.1 Å². The van der Waals surface area contributed by atoms with Crippen molar-refractivity contribution in [3.8, 4) is 46.0 Å². The van der Waals surface area contributed by atoms with E-state index < -0.39 is 178 Å². The third-order valence-corrected chi connectivity index (χ3v) is 23.2. The largest absolute Gasteiger partial charge is 0.507 e. The number of piperazine rings is 1. The Balaban J connectivity index is 0.000000292. The predicted molar refractivity (Wildman–Crippen MR) is 436 cm³/mol. The first-order chi connectivity index (χ1) is 55.0. The fourth-order valence-electron chi connectivity index (χ4n) is 15.5. The highest BCUT2D eigenvalue weighted by Crippen LogP contribution is 2.57. The summed E-state index contributed by atoms with van der Waals surface area (Å²) in [6.45, 7) is 31.6. The maximum Gasteiger partial charge on any atom is 0.312 e. The Morgan fingerprint density at radius 2 is 1.00 bits per heavy atom. The summed E-state index contributed by atoms with van der Waals surface area (Å²) in [6, 6.07) is 1.27. The van der Waals surface area contributed by atoms with Gasteiger partial charge in [-0.3, -0.25) is 38.6 Å². The van der Waals surface area contributed by atoms with Crippen LogP contribution in [0.15, 0.2) is 83.4 Å². The number of carbonyl (C=O) groups excluding carboxylic acids is 7. The Kier molecular flexibility index (Phi) is 30.3. The van der Waals surface area contributed by atoms with Crippen LogP contribution in [0.5, 0.6) is 46.0 Å². The van der Waals surface area contributed by atoms with Gasteiger partial charge in [0.05, 0.1) is 94.2 Å². The van der Waals surface area contributed by atoms with E-state index in [1.54, 1.807) is 89.6 Å². The summed E-state index contributed by atoms with van der Waals surface area (Å²) < 4.78 is 53.3. The summed E-state index contributed by atoms with van der Waals surface area (Å²) in [5.41, 5.74) is -0.359. The number of Topliss-reactive ketones (excluding diaryl/α,β-unsaturated/α-hetero) is 2. The molecule has 7 heterocycles. The molecule has 4 aromatic carbocycles. The van der Waals surface area contributed by atoms with Gasteiger partial charge in [-0.05, 0) is 60.7 Å². The zero-order valence-electron chi connectivity index (χ0n) is 70.5. The molecule has 11 N–H and O–H groups in total. The monoisotopic (exact) mass is 1630 g/mol. The van der Waals surface area contributed by atoms with Gasteiger partial charge in [-0.2, -0.15) is 5.10 Å². The van der Waals surface area contributed by atoms with Gasteiger partial charge in [-0.25, -0.2) is 0 Å². The molecule has 7 aliphatic rings. The smallest absolute Gasteiger partial charge is 0.312 e. The molecule has 0 aromatic heterocycles. The Hall–Kier alpha value is -10.3. The van der Waals surface area contributed by atoms with Crippen molar-refractivity contribution >= 4 is 80.4 Å². The van der Waals surface area contributed by atoms with Gasteiger partial charge in [0.25, 0.3) is 29.3 Å². The van der Waals surface area contributed by atoms with Crippen molar-refractivity contribution in [1.29, 1.82) is 0 Å². The highest BCUT2D eigenvalue weighted by Gasteiger charge is 2.52. The number of nitrogens with one attached hydrogen (secondary N) is 2. The minimum atomic E-state index is -2.04. The number of ether oxygens (including phenoxy) is 9. The Morgan fingerprint density at radius 3 is 1.43 bits per heavy atom. The number of anilines is 2. The van der Waals surface area contributed by atoms with Crippen LogP contribution >= 0.6 is 0 Å². The molecule has 10 bridgehead atoms. The second-order valence-electron chi connectivity index (χ2n) is 31.4. The number of hydrogen-bond donors (Lipinski definition) is 11. The van der Waals surface area contributed by atoms with E-state index in [4.69, 9.17) is 42.6 Å². The molecule has 0 aliphatic carbocycles. The van der Waals surface area contributed by atoms with Gasteiger partial charge in [0.1, 0.15) is 46.7 Å². The normalized spacial score (nSPS) is 31.1. The maximum atomic E-state index is 14.4. The number of ketones is 2. The Morgan fingerprint density at radius 1 is 0.573 bits per heavy atom. The Bertz CT molecular complexity index is 4630. The molecule has 117 heavy (non-hydrogen) atoms. The molecule has 11 rings (SSSR count). The van der Waals surface area contributed by atoms with Crippen LogP contribution in [0.2, 0.25) is 0 Å². The van der Waals surface area contributed by atoms with E-state index in [0.29, 0.717) is 26.2 Å². The molecule has 7 aliphatic heterocycles. The molecule has 1 fully saturated rings. The van der Waals surface area contributed by atoms with E-state index >= 15 is 0 Å².